The lowest BCUT2D eigenvalue weighted by Gasteiger charge is -2.11. The van der Waals surface area contributed by atoms with Gasteiger partial charge in [0.1, 0.15) is 11.6 Å². The Morgan fingerprint density at radius 1 is 0.946 bits per heavy atom. The molecule has 1 amide bonds. The molecule has 194 valence electrons. The van der Waals surface area contributed by atoms with Gasteiger partial charge in [0.05, 0.1) is 24.1 Å². The minimum atomic E-state index is 0.0710. The zero-order valence-electron chi connectivity index (χ0n) is 22.4. The molecule has 0 spiro atoms. The number of unbranched alkanes of at least 4 members (excludes halogenated alkanes) is 1. The van der Waals surface area contributed by atoms with Crippen LogP contribution in [0.5, 0.6) is 5.75 Å². The number of ether oxygens (including phenoxy) is 1. The molecule has 0 bridgehead atoms. The van der Waals surface area contributed by atoms with Crippen LogP contribution in [0.2, 0.25) is 0 Å². The van der Waals surface area contributed by atoms with Crippen molar-refractivity contribution < 1.29 is 9.53 Å². The summed E-state index contributed by atoms with van der Waals surface area (Å²) in [6.45, 7) is 8.71. The molecule has 0 radical (unpaired) electrons. The molecule has 0 aliphatic rings. The number of imidazole rings is 1. The fourth-order valence-corrected chi connectivity index (χ4v) is 4.59. The van der Waals surface area contributed by atoms with E-state index in [1.165, 1.54) is 11.1 Å². The van der Waals surface area contributed by atoms with E-state index in [2.05, 4.69) is 66.2 Å². The summed E-state index contributed by atoms with van der Waals surface area (Å²) in [5, 5.41) is 3.07. The number of para-hydroxylation sites is 2. The van der Waals surface area contributed by atoms with Gasteiger partial charge in [-0.3, -0.25) is 4.79 Å². The molecule has 0 saturated carbocycles. The summed E-state index contributed by atoms with van der Waals surface area (Å²) in [5.41, 5.74) is 5.77. The average molecular weight is 498 g/mol. The molecule has 0 fully saturated rings. The van der Waals surface area contributed by atoms with Crippen molar-refractivity contribution in [2.45, 2.75) is 65.3 Å². The van der Waals surface area contributed by atoms with E-state index in [1.807, 2.05) is 37.3 Å². The average Bonchev–Trinajstić information content (AvgIpc) is 3.25. The SMILES string of the molecule is Cc1ccccc1CC(=O)NCCCc1nc2ccccc2n1CCCCOc1ccc(C(C)C)cc1. The van der Waals surface area contributed by atoms with Gasteiger partial charge in [0.15, 0.2) is 0 Å². The molecule has 0 saturated heterocycles. The lowest BCUT2D eigenvalue weighted by molar-refractivity contribution is -0.120. The second-order valence-electron chi connectivity index (χ2n) is 10.0. The van der Waals surface area contributed by atoms with E-state index in [-0.39, 0.29) is 5.91 Å². The lowest BCUT2D eigenvalue weighted by atomic mass is 10.0. The number of fused-ring (bicyclic) bond motifs is 1. The smallest absolute Gasteiger partial charge is 0.224 e. The Labute approximate surface area is 220 Å². The predicted octanol–water partition coefficient (Wildman–Crippen LogP) is 6.62. The number of carbonyl (C=O) groups excluding carboxylic acids is 1. The minimum absolute atomic E-state index is 0.0710. The van der Waals surface area contributed by atoms with Crippen LogP contribution in [-0.2, 0) is 24.2 Å². The van der Waals surface area contributed by atoms with Gasteiger partial charge in [-0.15, -0.1) is 0 Å². The number of benzene rings is 3. The number of carbonyl (C=O) groups is 1. The van der Waals surface area contributed by atoms with Gasteiger partial charge in [0, 0.05) is 19.5 Å². The van der Waals surface area contributed by atoms with Crippen molar-refractivity contribution in [1.29, 1.82) is 0 Å². The molecule has 0 unspecified atom stereocenters. The number of hydrogen-bond donors (Lipinski definition) is 1. The first kappa shape index (κ1) is 26.5. The highest BCUT2D eigenvalue weighted by Gasteiger charge is 2.11. The number of aryl methyl sites for hydroxylation is 3. The second-order valence-corrected chi connectivity index (χ2v) is 10.0. The monoisotopic (exact) mass is 497 g/mol. The fraction of sp³-hybridized carbons (Fsp3) is 0.375. The van der Waals surface area contributed by atoms with E-state index in [9.17, 15) is 4.79 Å². The molecule has 37 heavy (non-hydrogen) atoms. The molecule has 4 aromatic rings. The van der Waals surface area contributed by atoms with Crippen molar-refractivity contribution >= 4 is 16.9 Å². The van der Waals surface area contributed by atoms with Crippen molar-refractivity contribution in [3.8, 4) is 5.75 Å². The maximum atomic E-state index is 12.4. The predicted molar refractivity (Wildman–Crippen MR) is 151 cm³/mol. The lowest BCUT2D eigenvalue weighted by Crippen LogP contribution is -2.26. The van der Waals surface area contributed by atoms with Crippen LogP contribution in [-0.4, -0.2) is 28.6 Å². The zero-order valence-corrected chi connectivity index (χ0v) is 22.4. The maximum absolute atomic E-state index is 12.4. The summed E-state index contributed by atoms with van der Waals surface area (Å²) in [4.78, 5) is 17.3. The zero-order chi connectivity index (χ0) is 26.0. The van der Waals surface area contributed by atoms with E-state index in [0.29, 0.717) is 25.5 Å². The van der Waals surface area contributed by atoms with Crippen LogP contribution in [0.4, 0.5) is 0 Å². The second kappa shape index (κ2) is 13.1. The Morgan fingerprint density at radius 2 is 1.70 bits per heavy atom. The minimum Gasteiger partial charge on any atom is -0.494 e. The van der Waals surface area contributed by atoms with Gasteiger partial charge in [0.2, 0.25) is 5.91 Å². The number of amides is 1. The standard InChI is InChI=1S/C32H39N3O2/c1-24(2)26-16-18-28(19-17-26)37-22-9-8-21-35-30-14-7-6-13-29(30)34-31(35)15-10-20-33-32(36)23-27-12-5-4-11-25(27)3/h4-7,11-14,16-19,24H,8-10,15,20-23H2,1-3H3,(H,33,36). The Balaban J connectivity index is 1.25. The van der Waals surface area contributed by atoms with Gasteiger partial charge in [-0.25, -0.2) is 4.98 Å². The van der Waals surface area contributed by atoms with E-state index < -0.39 is 0 Å². The molecule has 5 heteroatoms. The van der Waals surface area contributed by atoms with E-state index in [0.717, 1.165) is 60.4 Å². The Morgan fingerprint density at radius 3 is 2.49 bits per heavy atom. The van der Waals surface area contributed by atoms with Gasteiger partial charge in [-0.05, 0) is 73.1 Å². The highest BCUT2D eigenvalue weighted by atomic mass is 16.5. The van der Waals surface area contributed by atoms with Crippen LogP contribution in [0.15, 0.2) is 72.8 Å². The number of rotatable bonds is 13. The van der Waals surface area contributed by atoms with Gasteiger partial charge in [-0.2, -0.15) is 0 Å². The van der Waals surface area contributed by atoms with Crippen LogP contribution in [0.1, 0.15) is 61.5 Å². The third-order valence-corrected chi connectivity index (χ3v) is 6.84. The molecule has 4 rings (SSSR count). The summed E-state index contributed by atoms with van der Waals surface area (Å²) in [6.07, 6.45) is 4.11. The van der Waals surface area contributed by atoms with E-state index >= 15 is 0 Å². The molecule has 0 atom stereocenters. The van der Waals surface area contributed by atoms with Crippen LogP contribution in [0.3, 0.4) is 0 Å². The first-order valence-corrected chi connectivity index (χ1v) is 13.5. The maximum Gasteiger partial charge on any atom is 0.224 e. The summed E-state index contributed by atoms with van der Waals surface area (Å²) >= 11 is 0. The van der Waals surface area contributed by atoms with E-state index in [4.69, 9.17) is 9.72 Å². The summed E-state index contributed by atoms with van der Waals surface area (Å²) in [6, 6.07) is 24.8. The number of aromatic nitrogens is 2. The van der Waals surface area contributed by atoms with E-state index in [1.54, 1.807) is 0 Å². The quantitative estimate of drug-likeness (QED) is 0.211. The van der Waals surface area contributed by atoms with Crippen molar-refractivity contribution in [2.75, 3.05) is 13.2 Å². The van der Waals surface area contributed by atoms with Crippen molar-refractivity contribution in [3.63, 3.8) is 0 Å². The Hall–Kier alpha value is -3.60. The molecule has 3 aromatic carbocycles. The molecular weight excluding hydrogens is 458 g/mol. The van der Waals surface area contributed by atoms with Crippen LogP contribution < -0.4 is 10.1 Å². The fourth-order valence-electron chi connectivity index (χ4n) is 4.59. The van der Waals surface area contributed by atoms with Crippen molar-refractivity contribution in [1.82, 2.24) is 14.9 Å². The highest BCUT2D eigenvalue weighted by molar-refractivity contribution is 5.79. The highest BCUT2D eigenvalue weighted by Crippen LogP contribution is 2.20. The van der Waals surface area contributed by atoms with Crippen molar-refractivity contribution in [2.24, 2.45) is 0 Å². The van der Waals surface area contributed by atoms with Crippen LogP contribution >= 0.6 is 0 Å². The first-order chi connectivity index (χ1) is 18.0. The van der Waals surface area contributed by atoms with Gasteiger partial charge >= 0.3 is 0 Å². The number of nitrogens with zero attached hydrogens (tertiary/aromatic N) is 2. The summed E-state index contributed by atoms with van der Waals surface area (Å²) < 4.78 is 8.30. The van der Waals surface area contributed by atoms with Crippen LogP contribution in [0, 0.1) is 6.92 Å². The third-order valence-electron chi connectivity index (χ3n) is 6.84. The normalized spacial score (nSPS) is 11.2. The molecule has 0 aliphatic heterocycles. The summed E-state index contributed by atoms with van der Waals surface area (Å²) in [7, 11) is 0. The van der Waals surface area contributed by atoms with Gasteiger partial charge in [0.25, 0.3) is 0 Å². The Bertz CT molecular complexity index is 1290. The van der Waals surface area contributed by atoms with Gasteiger partial charge in [-0.1, -0.05) is 62.4 Å². The van der Waals surface area contributed by atoms with Crippen molar-refractivity contribution in [3.05, 3.63) is 95.3 Å². The first-order valence-electron chi connectivity index (χ1n) is 13.5. The van der Waals surface area contributed by atoms with Gasteiger partial charge < -0.3 is 14.6 Å². The van der Waals surface area contributed by atoms with Crippen LogP contribution in [0.25, 0.3) is 11.0 Å². The molecule has 1 N–H and O–H groups in total. The largest absolute Gasteiger partial charge is 0.494 e. The number of nitrogens with one attached hydrogen (secondary N) is 1. The molecular formula is C32H39N3O2. The topological polar surface area (TPSA) is 56.2 Å². The Kier molecular flexibility index (Phi) is 9.36. The number of hydrogen-bond acceptors (Lipinski definition) is 3. The molecule has 5 nitrogen and oxygen atoms in total. The molecule has 0 aliphatic carbocycles. The molecule has 1 aromatic heterocycles. The molecule has 1 heterocycles. The third kappa shape index (κ3) is 7.45. The summed E-state index contributed by atoms with van der Waals surface area (Å²) in [5.74, 6) is 2.62.